The molecule has 2 heterocycles. The largest absolute Gasteiger partial charge is 0.444 e. The third-order valence-corrected chi connectivity index (χ3v) is 5.59. The van der Waals surface area contributed by atoms with Crippen molar-refractivity contribution < 1.29 is 28.5 Å². The van der Waals surface area contributed by atoms with Gasteiger partial charge in [0.05, 0.1) is 38.4 Å². The fraction of sp³-hybridized carbons (Fsp3) is 0.900. The minimum atomic E-state index is -0.485. The summed E-state index contributed by atoms with van der Waals surface area (Å²) in [6.45, 7) is 10.4. The molecular formula is C20H34N2O6. The van der Waals surface area contributed by atoms with Crippen LogP contribution in [0.4, 0.5) is 9.59 Å². The van der Waals surface area contributed by atoms with Crippen molar-refractivity contribution in [1.29, 1.82) is 0 Å². The average molecular weight is 399 g/mol. The molecule has 1 saturated carbocycles. The lowest BCUT2D eigenvalue weighted by molar-refractivity contribution is -0.0979. The van der Waals surface area contributed by atoms with E-state index in [2.05, 4.69) is 0 Å². The van der Waals surface area contributed by atoms with Gasteiger partial charge in [0.25, 0.3) is 0 Å². The van der Waals surface area contributed by atoms with Gasteiger partial charge in [0, 0.05) is 19.6 Å². The molecular weight excluding hydrogens is 364 g/mol. The summed E-state index contributed by atoms with van der Waals surface area (Å²) in [5.74, 6) is 0.223. The van der Waals surface area contributed by atoms with E-state index in [1.54, 1.807) is 16.9 Å². The highest BCUT2D eigenvalue weighted by Crippen LogP contribution is 2.39. The number of carbonyl (C=O) groups is 2. The monoisotopic (exact) mass is 398 g/mol. The number of ether oxygens (including phenoxy) is 4. The Kier molecular flexibility index (Phi) is 6.10. The number of nitrogens with zero attached hydrogens (tertiary/aromatic N) is 2. The van der Waals surface area contributed by atoms with E-state index in [4.69, 9.17) is 18.9 Å². The summed E-state index contributed by atoms with van der Waals surface area (Å²) < 4.78 is 22.5. The zero-order chi connectivity index (χ0) is 20.5. The van der Waals surface area contributed by atoms with Crippen LogP contribution >= 0.6 is 0 Å². The first kappa shape index (κ1) is 21.2. The van der Waals surface area contributed by atoms with Crippen LogP contribution in [0.5, 0.6) is 0 Å². The molecule has 0 aromatic rings. The fourth-order valence-corrected chi connectivity index (χ4v) is 3.42. The van der Waals surface area contributed by atoms with Gasteiger partial charge in [-0.3, -0.25) is 0 Å². The molecule has 2 saturated heterocycles. The normalized spacial score (nSPS) is 27.2. The SMILES string of the molecule is CO[C@H]1CN(C(=O)OC2(C)CC2)CC[C@H]1COC1CN(C(=O)OC(C)(C)C)C1. The van der Waals surface area contributed by atoms with Crippen molar-refractivity contribution in [3.8, 4) is 0 Å². The Hall–Kier alpha value is -1.54. The van der Waals surface area contributed by atoms with E-state index in [0.717, 1.165) is 19.3 Å². The molecule has 8 heteroatoms. The first-order valence-corrected chi connectivity index (χ1v) is 10.2. The molecule has 0 aromatic heterocycles. The van der Waals surface area contributed by atoms with Gasteiger partial charge in [0.15, 0.2) is 0 Å². The lowest BCUT2D eigenvalue weighted by Crippen LogP contribution is -2.57. The standard InChI is InChI=1S/C20H34N2O6/c1-19(2,3)27-18(24)22-10-15(11-22)26-13-14-6-9-21(12-16(14)25-5)17(23)28-20(4)7-8-20/h14-16H,6-13H2,1-5H3/t14-,16-/m0/s1. The molecule has 3 aliphatic rings. The lowest BCUT2D eigenvalue weighted by atomic mass is 9.94. The smallest absolute Gasteiger partial charge is 0.410 e. The van der Waals surface area contributed by atoms with Crippen molar-refractivity contribution in [2.24, 2.45) is 5.92 Å². The summed E-state index contributed by atoms with van der Waals surface area (Å²) in [5, 5.41) is 0. The van der Waals surface area contributed by atoms with Gasteiger partial charge in [0.1, 0.15) is 11.2 Å². The maximum atomic E-state index is 12.3. The Labute approximate surface area is 167 Å². The van der Waals surface area contributed by atoms with Gasteiger partial charge in [-0.2, -0.15) is 0 Å². The summed E-state index contributed by atoms with van der Waals surface area (Å²) in [6, 6.07) is 0. The molecule has 3 rings (SSSR count). The topological polar surface area (TPSA) is 77.5 Å². The van der Waals surface area contributed by atoms with Crippen LogP contribution in [0.2, 0.25) is 0 Å². The summed E-state index contributed by atoms with van der Waals surface area (Å²) >= 11 is 0. The van der Waals surface area contributed by atoms with Crippen molar-refractivity contribution in [3.63, 3.8) is 0 Å². The van der Waals surface area contributed by atoms with Crippen LogP contribution in [0.25, 0.3) is 0 Å². The Morgan fingerprint density at radius 3 is 2.32 bits per heavy atom. The molecule has 2 amide bonds. The first-order valence-electron chi connectivity index (χ1n) is 10.2. The number of likely N-dealkylation sites (tertiary alicyclic amines) is 2. The number of hydrogen-bond acceptors (Lipinski definition) is 6. The molecule has 0 spiro atoms. The van der Waals surface area contributed by atoms with Crippen LogP contribution < -0.4 is 0 Å². The molecule has 160 valence electrons. The third kappa shape index (κ3) is 5.50. The molecule has 0 unspecified atom stereocenters. The second-order valence-electron chi connectivity index (χ2n) is 9.43. The predicted octanol–water partition coefficient (Wildman–Crippen LogP) is 2.65. The van der Waals surface area contributed by atoms with Crippen molar-refractivity contribution in [3.05, 3.63) is 0 Å². The van der Waals surface area contributed by atoms with Crippen molar-refractivity contribution in [1.82, 2.24) is 9.80 Å². The molecule has 2 aliphatic heterocycles. The number of piperidine rings is 1. The highest BCUT2D eigenvalue weighted by Gasteiger charge is 2.44. The molecule has 28 heavy (non-hydrogen) atoms. The highest BCUT2D eigenvalue weighted by atomic mass is 16.6. The third-order valence-electron chi connectivity index (χ3n) is 5.59. The van der Waals surface area contributed by atoms with Crippen LogP contribution in [-0.4, -0.2) is 85.3 Å². The molecule has 0 aromatic carbocycles. The van der Waals surface area contributed by atoms with Crippen LogP contribution in [0, 0.1) is 5.92 Å². The summed E-state index contributed by atoms with van der Waals surface area (Å²) in [7, 11) is 1.67. The van der Waals surface area contributed by atoms with E-state index in [1.807, 2.05) is 27.7 Å². The van der Waals surface area contributed by atoms with Gasteiger partial charge < -0.3 is 28.7 Å². The molecule has 3 fully saturated rings. The van der Waals surface area contributed by atoms with Crippen molar-refractivity contribution in [2.45, 2.75) is 70.4 Å². The Bertz CT molecular complexity index is 580. The van der Waals surface area contributed by atoms with Gasteiger partial charge in [-0.15, -0.1) is 0 Å². The lowest BCUT2D eigenvalue weighted by Gasteiger charge is -2.41. The maximum absolute atomic E-state index is 12.3. The van der Waals surface area contributed by atoms with Gasteiger partial charge in [-0.1, -0.05) is 0 Å². The van der Waals surface area contributed by atoms with Crippen LogP contribution in [0.15, 0.2) is 0 Å². The zero-order valence-electron chi connectivity index (χ0n) is 17.7. The minimum Gasteiger partial charge on any atom is -0.444 e. The molecule has 1 aliphatic carbocycles. The number of amides is 2. The molecule has 2 atom stereocenters. The van der Waals surface area contributed by atoms with Crippen LogP contribution in [-0.2, 0) is 18.9 Å². The van der Waals surface area contributed by atoms with Gasteiger partial charge >= 0.3 is 12.2 Å². The van der Waals surface area contributed by atoms with E-state index < -0.39 is 5.60 Å². The second-order valence-corrected chi connectivity index (χ2v) is 9.43. The van der Waals surface area contributed by atoms with Gasteiger partial charge in [-0.25, -0.2) is 9.59 Å². The van der Waals surface area contributed by atoms with Gasteiger partial charge in [-0.05, 0) is 47.0 Å². The van der Waals surface area contributed by atoms with Crippen LogP contribution in [0.1, 0.15) is 47.0 Å². The number of rotatable bonds is 5. The molecule has 0 radical (unpaired) electrons. The summed E-state index contributed by atoms with van der Waals surface area (Å²) in [4.78, 5) is 27.7. The number of carbonyl (C=O) groups excluding carboxylic acids is 2. The van der Waals surface area contributed by atoms with E-state index in [1.165, 1.54) is 0 Å². The Morgan fingerprint density at radius 2 is 1.75 bits per heavy atom. The molecule has 0 bridgehead atoms. The summed E-state index contributed by atoms with van der Waals surface area (Å²) in [5.41, 5.74) is -0.745. The molecule has 0 N–H and O–H groups in total. The maximum Gasteiger partial charge on any atom is 0.410 e. The van der Waals surface area contributed by atoms with E-state index in [-0.39, 0.29) is 35.9 Å². The quantitative estimate of drug-likeness (QED) is 0.709. The Balaban J connectivity index is 1.37. The number of methoxy groups -OCH3 is 1. The zero-order valence-corrected chi connectivity index (χ0v) is 17.7. The van der Waals surface area contributed by atoms with Crippen molar-refractivity contribution in [2.75, 3.05) is 39.9 Å². The van der Waals surface area contributed by atoms with Crippen LogP contribution in [0.3, 0.4) is 0 Å². The Morgan fingerprint density at radius 1 is 1.07 bits per heavy atom. The fourth-order valence-electron chi connectivity index (χ4n) is 3.42. The predicted molar refractivity (Wildman–Crippen MR) is 102 cm³/mol. The second kappa shape index (κ2) is 8.06. The first-order chi connectivity index (χ1) is 13.1. The number of hydrogen-bond donors (Lipinski definition) is 0. The van der Waals surface area contributed by atoms with E-state index >= 15 is 0 Å². The van der Waals surface area contributed by atoms with Gasteiger partial charge in [0.2, 0.25) is 0 Å². The van der Waals surface area contributed by atoms with E-state index in [0.29, 0.717) is 32.8 Å². The molecule has 8 nitrogen and oxygen atoms in total. The van der Waals surface area contributed by atoms with E-state index in [9.17, 15) is 9.59 Å². The summed E-state index contributed by atoms with van der Waals surface area (Å²) in [6.07, 6.45) is 2.12. The van der Waals surface area contributed by atoms with Crippen molar-refractivity contribution >= 4 is 12.2 Å². The average Bonchev–Trinajstić information content (AvgIpc) is 3.28. The highest BCUT2D eigenvalue weighted by molar-refractivity contribution is 5.69. The minimum absolute atomic E-state index is 0.0304.